The molecule has 25 heavy (non-hydrogen) atoms. The van der Waals surface area contributed by atoms with E-state index in [1.807, 2.05) is 17.9 Å². The Morgan fingerprint density at radius 1 is 1.44 bits per heavy atom. The van der Waals surface area contributed by atoms with Gasteiger partial charge in [0.15, 0.2) is 5.17 Å². The lowest BCUT2D eigenvalue weighted by Crippen LogP contribution is -2.39. The van der Waals surface area contributed by atoms with Gasteiger partial charge in [0.25, 0.3) is 5.91 Å². The predicted octanol–water partition coefficient (Wildman–Crippen LogP) is 2.64. The van der Waals surface area contributed by atoms with E-state index in [1.165, 1.54) is 11.8 Å². The third-order valence-electron chi connectivity index (χ3n) is 4.16. The maximum atomic E-state index is 12.1. The lowest BCUT2D eigenvalue weighted by Gasteiger charge is -2.31. The summed E-state index contributed by atoms with van der Waals surface area (Å²) >= 11 is 1.34. The second-order valence-corrected chi connectivity index (χ2v) is 6.93. The summed E-state index contributed by atoms with van der Waals surface area (Å²) in [5.74, 6) is -0.312. The maximum Gasteiger partial charge on any atom is 0.309 e. The number of phenols is 1. The van der Waals surface area contributed by atoms with Crippen LogP contribution >= 0.6 is 11.8 Å². The van der Waals surface area contributed by atoms with Crippen LogP contribution in [0, 0.1) is 5.92 Å². The van der Waals surface area contributed by atoms with Gasteiger partial charge in [-0.2, -0.15) is 4.99 Å². The van der Waals surface area contributed by atoms with Gasteiger partial charge in [-0.05, 0) is 55.3 Å². The molecule has 0 aromatic heterocycles. The molecule has 2 aliphatic heterocycles. The molecule has 0 spiro atoms. The van der Waals surface area contributed by atoms with Gasteiger partial charge in [0.05, 0.1) is 17.4 Å². The monoisotopic (exact) mass is 360 g/mol. The van der Waals surface area contributed by atoms with E-state index < -0.39 is 0 Å². The molecule has 3 rings (SSSR count). The van der Waals surface area contributed by atoms with Gasteiger partial charge in [0, 0.05) is 13.1 Å². The largest absolute Gasteiger partial charge is 0.508 e. The Hall–Kier alpha value is -2.28. The van der Waals surface area contributed by atoms with Gasteiger partial charge in [-0.25, -0.2) is 0 Å². The van der Waals surface area contributed by atoms with Crippen LogP contribution in [-0.2, 0) is 14.3 Å². The molecule has 0 radical (unpaired) electrons. The van der Waals surface area contributed by atoms with Crippen LogP contribution in [0.3, 0.4) is 0 Å². The smallest absolute Gasteiger partial charge is 0.309 e. The minimum Gasteiger partial charge on any atom is -0.508 e. The number of amides is 1. The van der Waals surface area contributed by atoms with E-state index >= 15 is 0 Å². The molecule has 1 amide bonds. The van der Waals surface area contributed by atoms with E-state index in [4.69, 9.17) is 4.74 Å². The molecule has 2 aliphatic rings. The topological polar surface area (TPSA) is 79.2 Å². The second-order valence-electron chi connectivity index (χ2n) is 5.92. The summed E-state index contributed by atoms with van der Waals surface area (Å²) in [6, 6.07) is 6.74. The second kappa shape index (κ2) is 7.74. The Labute approximate surface area is 150 Å². The van der Waals surface area contributed by atoms with Gasteiger partial charge >= 0.3 is 5.97 Å². The van der Waals surface area contributed by atoms with Crippen molar-refractivity contribution in [2.45, 2.75) is 19.8 Å². The molecule has 0 bridgehead atoms. The van der Waals surface area contributed by atoms with Gasteiger partial charge in [-0.15, -0.1) is 0 Å². The summed E-state index contributed by atoms with van der Waals surface area (Å²) in [5, 5.41) is 10.2. The third-order valence-corrected chi connectivity index (χ3v) is 5.21. The summed E-state index contributed by atoms with van der Waals surface area (Å²) in [5.41, 5.74) is 0.758. The SMILES string of the molecule is CCOC(=O)C1CCN(C2=NC(=O)/C(=C\c3cccc(O)c3)S2)CC1. The van der Waals surface area contributed by atoms with Crippen molar-refractivity contribution in [3.63, 3.8) is 0 Å². The van der Waals surface area contributed by atoms with Crippen molar-refractivity contribution in [1.82, 2.24) is 4.90 Å². The minimum atomic E-state index is -0.268. The lowest BCUT2D eigenvalue weighted by atomic mass is 9.97. The van der Waals surface area contributed by atoms with Crippen LogP contribution < -0.4 is 0 Å². The van der Waals surface area contributed by atoms with Crippen molar-refractivity contribution >= 4 is 34.9 Å². The van der Waals surface area contributed by atoms with E-state index in [0.29, 0.717) is 42.6 Å². The summed E-state index contributed by atoms with van der Waals surface area (Å²) in [4.78, 5) is 30.7. The Morgan fingerprint density at radius 2 is 2.20 bits per heavy atom. The number of phenolic OH excluding ortho intramolecular Hbond substituents is 1. The number of likely N-dealkylation sites (tertiary alicyclic amines) is 1. The number of amidine groups is 1. The fourth-order valence-electron chi connectivity index (χ4n) is 2.87. The first-order valence-electron chi connectivity index (χ1n) is 8.30. The number of carbonyl (C=O) groups is 2. The number of thioether (sulfide) groups is 1. The quantitative estimate of drug-likeness (QED) is 0.659. The zero-order valence-electron chi connectivity index (χ0n) is 14.0. The predicted molar refractivity (Wildman–Crippen MR) is 97.0 cm³/mol. The molecular formula is C18H20N2O4S. The Kier molecular flexibility index (Phi) is 5.43. The van der Waals surface area contributed by atoms with Crippen molar-refractivity contribution in [3.8, 4) is 5.75 Å². The van der Waals surface area contributed by atoms with Crippen molar-refractivity contribution in [2.24, 2.45) is 10.9 Å². The van der Waals surface area contributed by atoms with E-state index in [2.05, 4.69) is 4.99 Å². The summed E-state index contributed by atoms with van der Waals surface area (Å²) < 4.78 is 5.08. The van der Waals surface area contributed by atoms with Crippen molar-refractivity contribution in [1.29, 1.82) is 0 Å². The van der Waals surface area contributed by atoms with Crippen LogP contribution in [0.25, 0.3) is 6.08 Å². The highest BCUT2D eigenvalue weighted by Crippen LogP contribution is 2.32. The molecule has 2 heterocycles. The number of benzene rings is 1. The summed E-state index contributed by atoms with van der Waals surface area (Å²) in [6.07, 6.45) is 3.14. The Bertz CT molecular complexity index is 736. The fraction of sp³-hybridized carbons (Fsp3) is 0.389. The van der Waals surface area contributed by atoms with Crippen molar-refractivity contribution in [2.75, 3.05) is 19.7 Å². The molecular weight excluding hydrogens is 340 g/mol. The van der Waals surface area contributed by atoms with E-state index in [9.17, 15) is 14.7 Å². The number of ether oxygens (including phenoxy) is 1. The number of aliphatic imine (C=N–C) groups is 1. The average molecular weight is 360 g/mol. The summed E-state index contributed by atoms with van der Waals surface area (Å²) in [7, 11) is 0. The number of piperidine rings is 1. The minimum absolute atomic E-state index is 0.0683. The standard InChI is InChI=1S/C18H20N2O4S/c1-2-24-17(23)13-6-8-20(9-7-13)18-19-16(22)15(25-18)11-12-4-3-5-14(21)10-12/h3-5,10-11,13,21H,2,6-9H2,1H3/b15-11+. The third kappa shape index (κ3) is 4.22. The molecule has 7 heteroatoms. The first-order chi connectivity index (χ1) is 12.1. The van der Waals surface area contributed by atoms with Crippen molar-refractivity contribution in [3.05, 3.63) is 34.7 Å². The van der Waals surface area contributed by atoms with Gasteiger partial charge < -0.3 is 14.7 Å². The van der Waals surface area contributed by atoms with Gasteiger partial charge in [0.1, 0.15) is 5.75 Å². The molecule has 1 fully saturated rings. The zero-order chi connectivity index (χ0) is 17.8. The van der Waals surface area contributed by atoms with Crippen LogP contribution in [0.2, 0.25) is 0 Å². The van der Waals surface area contributed by atoms with Crippen LogP contribution in [0.4, 0.5) is 0 Å². The van der Waals surface area contributed by atoms with Gasteiger partial charge in [0.2, 0.25) is 0 Å². The van der Waals surface area contributed by atoms with Gasteiger partial charge in [-0.1, -0.05) is 12.1 Å². The number of nitrogens with zero attached hydrogens (tertiary/aromatic N) is 2. The van der Waals surface area contributed by atoms with E-state index in [0.717, 1.165) is 5.56 Å². The highest BCUT2D eigenvalue weighted by atomic mass is 32.2. The first kappa shape index (κ1) is 17.5. The highest BCUT2D eigenvalue weighted by molar-refractivity contribution is 8.18. The van der Waals surface area contributed by atoms with Gasteiger partial charge in [-0.3, -0.25) is 9.59 Å². The molecule has 0 atom stereocenters. The maximum absolute atomic E-state index is 12.1. The molecule has 0 saturated carbocycles. The molecule has 6 nitrogen and oxygen atoms in total. The molecule has 132 valence electrons. The highest BCUT2D eigenvalue weighted by Gasteiger charge is 2.31. The van der Waals surface area contributed by atoms with E-state index in [1.54, 1.807) is 24.3 Å². The number of hydrogen-bond donors (Lipinski definition) is 1. The molecule has 1 aromatic rings. The van der Waals surface area contributed by atoms with Crippen molar-refractivity contribution < 1.29 is 19.4 Å². The normalized spacial score (nSPS) is 20.0. The van der Waals surface area contributed by atoms with Crippen LogP contribution in [-0.4, -0.2) is 46.7 Å². The first-order valence-corrected chi connectivity index (χ1v) is 9.11. The Balaban J connectivity index is 1.61. The molecule has 0 aliphatic carbocycles. The Morgan fingerprint density at radius 3 is 2.88 bits per heavy atom. The number of esters is 1. The zero-order valence-corrected chi connectivity index (χ0v) is 14.8. The molecule has 0 unspecified atom stereocenters. The average Bonchev–Trinajstić information content (AvgIpc) is 2.96. The molecule has 1 N–H and O–H groups in total. The lowest BCUT2D eigenvalue weighted by molar-refractivity contribution is -0.149. The van der Waals surface area contributed by atoms with Crippen LogP contribution in [0.5, 0.6) is 5.75 Å². The number of rotatable bonds is 3. The molecule has 1 saturated heterocycles. The number of aromatic hydroxyl groups is 1. The van der Waals surface area contributed by atoms with Crippen LogP contribution in [0.1, 0.15) is 25.3 Å². The number of carbonyl (C=O) groups excluding carboxylic acids is 2. The number of hydrogen-bond acceptors (Lipinski definition) is 6. The molecule has 1 aromatic carbocycles. The van der Waals surface area contributed by atoms with Crippen LogP contribution in [0.15, 0.2) is 34.2 Å². The fourth-order valence-corrected chi connectivity index (χ4v) is 3.83. The summed E-state index contributed by atoms with van der Waals surface area (Å²) in [6.45, 7) is 3.58. The van der Waals surface area contributed by atoms with E-state index in [-0.39, 0.29) is 23.5 Å².